The Morgan fingerprint density at radius 1 is 0.280 bits per heavy atom. The topological polar surface area (TPSA) is 78.9 Å². The van der Waals surface area contributed by atoms with Gasteiger partial charge in [-0.1, -0.05) is 277 Å². The van der Waals surface area contributed by atoms with Crippen LogP contribution in [0.3, 0.4) is 0 Å². The molecular weight excluding hydrogens is 925 g/mol. The van der Waals surface area contributed by atoms with E-state index in [2.05, 4.69) is 142 Å². The summed E-state index contributed by atoms with van der Waals surface area (Å²) in [4.78, 5) is 37.8. The monoisotopic (exact) mass is 1040 g/mol. The molecule has 6 nitrogen and oxygen atoms in total. The molecule has 0 saturated heterocycles. The van der Waals surface area contributed by atoms with Crippen molar-refractivity contribution in [1.82, 2.24) is 0 Å². The fourth-order valence-corrected chi connectivity index (χ4v) is 8.39. The van der Waals surface area contributed by atoms with Gasteiger partial charge >= 0.3 is 17.9 Å². The van der Waals surface area contributed by atoms with Crippen molar-refractivity contribution < 1.29 is 28.6 Å². The van der Waals surface area contributed by atoms with Crippen LogP contribution in [-0.2, 0) is 28.6 Å². The third-order valence-corrected chi connectivity index (χ3v) is 13.0. The summed E-state index contributed by atoms with van der Waals surface area (Å²) in [6, 6.07) is 0. The lowest BCUT2D eigenvalue weighted by molar-refractivity contribution is -0.167. The van der Waals surface area contributed by atoms with Gasteiger partial charge in [0.1, 0.15) is 13.2 Å². The Kier molecular flexibility index (Phi) is 58.9. The third-order valence-electron chi connectivity index (χ3n) is 13.0. The second-order valence-electron chi connectivity index (χ2n) is 20.2. The zero-order valence-electron chi connectivity index (χ0n) is 48.8. The highest BCUT2D eigenvalue weighted by Crippen LogP contribution is 2.16. The highest BCUT2D eigenvalue weighted by atomic mass is 16.6. The van der Waals surface area contributed by atoms with E-state index in [1.54, 1.807) is 0 Å². The van der Waals surface area contributed by atoms with Gasteiger partial charge < -0.3 is 14.2 Å². The molecule has 0 aliphatic rings. The second kappa shape index (κ2) is 62.4. The summed E-state index contributed by atoms with van der Waals surface area (Å²) in [5.74, 6) is -0.971. The maximum absolute atomic E-state index is 12.7. The third kappa shape index (κ3) is 60.6. The van der Waals surface area contributed by atoms with Gasteiger partial charge in [0.15, 0.2) is 6.10 Å². The van der Waals surface area contributed by atoms with Crippen LogP contribution in [0.1, 0.15) is 278 Å². The summed E-state index contributed by atoms with van der Waals surface area (Å²) in [6.07, 6.45) is 87.1. The van der Waals surface area contributed by atoms with Gasteiger partial charge in [-0.2, -0.15) is 0 Å². The molecule has 0 radical (unpaired) electrons. The van der Waals surface area contributed by atoms with Gasteiger partial charge in [-0.05, 0) is 103 Å². The van der Waals surface area contributed by atoms with E-state index < -0.39 is 6.10 Å². The van der Waals surface area contributed by atoms with Crippen LogP contribution >= 0.6 is 0 Å². The van der Waals surface area contributed by atoms with Crippen molar-refractivity contribution in [3.05, 3.63) is 122 Å². The molecule has 75 heavy (non-hydrogen) atoms. The number of hydrogen-bond acceptors (Lipinski definition) is 6. The van der Waals surface area contributed by atoms with Crippen molar-refractivity contribution in [1.29, 1.82) is 0 Å². The van der Waals surface area contributed by atoms with E-state index in [0.717, 1.165) is 122 Å². The van der Waals surface area contributed by atoms with Crippen molar-refractivity contribution in [2.75, 3.05) is 13.2 Å². The highest BCUT2D eigenvalue weighted by Gasteiger charge is 2.19. The number of hydrogen-bond donors (Lipinski definition) is 0. The smallest absolute Gasteiger partial charge is 0.306 e. The Balaban J connectivity index is 3.98. The molecule has 0 bridgehead atoms. The maximum atomic E-state index is 12.7. The molecule has 0 aliphatic carbocycles. The number of unbranched alkanes of at least 4 members (excludes halogenated alkanes) is 24. The average molecular weight is 1040 g/mol. The Hall–Kier alpha value is -4.19. The number of esters is 3. The Labute approximate surface area is 462 Å². The molecule has 0 amide bonds. The fraction of sp³-hybridized carbons (Fsp3) is 0.667. The van der Waals surface area contributed by atoms with Gasteiger partial charge in [0.25, 0.3) is 0 Å². The normalized spacial score (nSPS) is 12.9. The van der Waals surface area contributed by atoms with Crippen molar-refractivity contribution in [2.24, 2.45) is 0 Å². The molecule has 0 heterocycles. The first-order chi connectivity index (χ1) is 37.0. The molecule has 0 aromatic heterocycles. The quantitative estimate of drug-likeness (QED) is 0.0261. The largest absolute Gasteiger partial charge is 0.462 e. The van der Waals surface area contributed by atoms with Gasteiger partial charge in [0.2, 0.25) is 0 Å². The molecule has 1 atom stereocenters. The van der Waals surface area contributed by atoms with E-state index in [-0.39, 0.29) is 37.5 Å². The van der Waals surface area contributed by atoms with Crippen LogP contribution in [0.4, 0.5) is 0 Å². The van der Waals surface area contributed by atoms with Gasteiger partial charge in [-0.25, -0.2) is 0 Å². The lowest BCUT2D eigenvalue weighted by Gasteiger charge is -2.18. The first-order valence-corrected chi connectivity index (χ1v) is 31.0. The lowest BCUT2D eigenvalue weighted by atomic mass is 10.0. The summed E-state index contributed by atoms with van der Waals surface area (Å²) >= 11 is 0. The SMILES string of the molecule is CC/C=C\C/C=C\C/C=C\C/C=C\C/C=C\CCCCCCCCCCCCCCCCCCCCCC(=O)OCC(COC(=O)CCCCCCC)OC(=O)CCC/C=C\C/C=C\C/C=C\C/C=C\C/C=C\CC. The predicted octanol–water partition coefficient (Wildman–Crippen LogP) is 21.2. The summed E-state index contributed by atoms with van der Waals surface area (Å²) in [5, 5.41) is 0. The molecule has 0 aromatic rings. The Bertz CT molecular complexity index is 1570. The van der Waals surface area contributed by atoms with Crippen molar-refractivity contribution in [3.63, 3.8) is 0 Å². The number of rotatable bonds is 55. The van der Waals surface area contributed by atoms with E-state index in [1.807, 2.05) is 0 Å². The van der Waals surface area contributed by atoms with Crippen LogP contribution in [0.15, 0.2) is 122 Å². The van der Waals surface area contributed by atoms with Gasteiger partial charge in [-0.3, -0.25) is 14.4 Å². The number of ether oxygens (including phenoxy) is 3. The first-order valence-electron chi connectivity index (χ1n) is 31.0. The molecule has 0 spiro atoms. The zero-order chi connectivity index (χ0) is 54.3. The summed E-state index contributed by atoms with van der Waals surface area (Å²) in [5.41, 5.74) is 0. The first kappa shape index (κ1) is 70.8. The minimum Gasteiger partial charge on any atom is -0.462 e. The molecule has 1 unspecified atom stereocenters. The predicted molar refractivity (Wildman–Crippen MR) is 325 cm³/mol. The molecule has 0 rings (SSSR count). The van der Waals surface area contributed by atoms with Crippen LogP contribution in [0.25, 0.3) is 0 Å². The molecule has 6 heteroatoms. The number of allylic oxidation sites excluding steroid dienone is 20. The van der Waals surface area contributed by atoms with E-state index in [1.165, 1.54) is 109 Å². The molecule has 0 saturated carbocycles. The molecular formula is C69H114O6. The van der Waals surface area contributed by atoms with E-state index in [9.17, 15) is 14.4 Å². The minimum atomic E-state index is -0.804. The van der Waals surface area contributed by atoms with Crippen molar-refractivity contribution >= 4 is 17.9 Å². The van der Waals surface area contributed by atoms with Gasteiger partial charge in [0.05, 0.1) is 0 Å². The van der Waals surface area contributed by atoms with Crippen LogP contribution in [0.2, 0.25) is 0 Å². The van der Waals surface area contributed by atoms with Crippen molar-refractivity contribution in [3.8, 4) is 0 Å². The fourth-order valence-electron chi connectivity index (χ4n) is 8.39. The molecule has 0 N–H and O–H groups in total. The van der Waals surface area contributed by atoms with Crippen LogP contribution in [0, 0.1) is 0 Å². The van der Waals surface area contributed by atoms with E-state index in [0.29, 0.717) is 19.3 Å². The standard InChI is InChI=1S/C69H114O6/c1-4-7-10-13-15-17-19-21-23-25-26-27-28-29-30-31-32-33-34-35-36-37-38-39-40-41-42-44-45-47-49-51-53-56-59-62-68(71)74-65-66(64-73-67(70)61-58-55-12-9-6-3)75-69(72)63-60-57-54-52-50-48-46-43-24-22-20-18-16-14-11-8-5-2/h7-8,10-11,15-18,21-24,26-27,29-30,46,48,52,54,66H,4-6,9,12-14,19-20,25,28,31-45,47,49-51,53,55-65H2,1-3H3/b10-7-,11-8-,17-15-,18-16-,23-21-,24-22-,27-26-,30-29-,48-46-,54-52-. The van der Waals surface area contributed by atoms with E-state index in [4.69, 9.17) is 14.2 Å². The molecule has 0 aromatic carbocycles. The van der Waals surface area contributed by atoms with Gasteiger partial charge in [0, 0.05) is 19.3 Å². The number of carbonyl (C=O) groups excluding carboxylic acids is 3. The molecule has 0 fully saturated rings. The zero-order valence-corrected chi connectivity index (χ0v) is 48.8. The van der Waals surface area contributed by atoms with Crippen LogP contribution < -0.4 is 0 Å². The molecule has 426 valence electrons. The Morgan fingerprint density at radius 2 is 0.533 bits per heavy atom. The highest BCUT2D eigenvalue weighted by molar-refractivity contribution is 5.71. The summed E-state index contributed by atoms with van der Waals surface area (Å²) in [6.45, 7) is 6.28. The van der Waals surface area contributed by atoms with Crippen LogP contribution in [0.5, 0.6) is 0 Å². The maximum Gasteiger partial charge on any atom is 0.306 e. The second-order valence-corrected chi connectivity index (χ2v) is 20.2. The Morgan fingerprint density at radius 3 is 0.853 bits per heavy atom. The van der Waals surface area contributed by atoms with E-state index >= 15 is 0 Å². The summed E-state index contributed by atoms with van der Waals surface area (Å²) < 4.78 is 16.7. The lowest BCUT2D eigenvalue weighted by Crippen LogP contribution is -2.30. The minimum absolute atomic E-state index is 0.0998. The number of carbonyl (C=O) groups is 3. The van der Waals surface area contributed by atoms with Crippen LogP contribution in [-0.4, -0.2) is 37.2 Å². The summed E-state index contributed by atoms with van der Waals surface area (Å²) in [7, 11) is 0. The molecule has 0 aliphatic heterocycles. The van der Waals surface area contributed by atoms with Crippen molar-refractivity contribution in [2.45, 2.75) is 284 Å². The van der Waals surface area contributed by atoms with Gasteiger partial charge in [-0.15, -0.1) is 0 Å². The average Bonchev–Trinajstić information content (AvgIpc) is 3.41.